The maximum atomic E-state index is 12.8. The molecule has 0 spiro atoms. The van der Waals surface area contributed by atoms with Crippen LogP contribution in [0.4, 0.5) is 26.3 Å². The fourth-order valence-corrected chi connectivity index (χ4v) is 2.18. The number of benzene rings is 1. The summed E-state index contributed by atoms with van der Waals surface area (Å²) in [6, 6.07) is 3.84. The van der Waals surface area contributed by atoms with Gasteiger partial charge in [-0.3, -0.25) is 0 Å². The molecule has 0 radical (unpaired) electrons. The molecular formula is C14H17F6N. The van der Waals surface area contributed by atoms with Gasteiger partial charge in [0.1, 0.15) is 0 Å². The van der Waals surface area contributed by atoms with Crippen molar-refractivity contribution in [1.82, 2.24) is 5.32 Å². The first-order chi connectivity index (χ1) is 9.48. The van der Waals surface area contributed by atoms with Crippen molar-refractivity contribution >= 4 is 0 Å². The van der Waals surface area contributed by atoms with Crippen molar-refractivity contribution in [2.75, 3.05) is 7.05 Å². The van der Waals surface area contributed by atoms with Crippen molar-refractivity contribution in [1.29, 1.82) is 0 Å². The number of nitrogens with one attached hydrogen (secondary N) is 1. The van der Waals surface area contributed by atoms with Gasteiger partial charge in [0, 0.05) is 0 Å². The van der Waals surface area contributed by atoms with Crippen LogP contribution in [-0.2, 0) is 0 Å². The van der Waals surface area contributed by atoms with Crippen LogP contribution >= 0.6 is 0 Å². The maximum Gasteiger partial charge on any atom is 0.402 e. The first-order valence-electron chi connectivity index (χ1n) is 6.39. The lowest BCUT2D eigenvalue weighted by molar-refractivity contribution is -0.292. The van der Waals surface area contributed by atoms with Gasteiger partial charge in [0.2, 0.25) is 0 Å². The molecule has 0 bridgehead atoms. The molecule has 0 amide bonds. The van der Waals surface area contributed by atoms with Crippen LogP contribution in [0.15, 0.2) is 24.3 Å². The lowest BCUT2D eigenvalue weighted by atomic mass is 9.90. The zero-order valence-corrected chi connectivity index (χ0v) is 11.8. The largest absolute Gasteiger partial charge is 0.402 e. The Hall–Kier alpha value is -1.24. The van der Waals surface area contributed by atoms with E-state index in [4.69, 9.17) is 0 Å². The zero-order valence-electron chi connectivity index (χ0n) is 11.8. The first kappa shape index (κ1) is 17.8. The summed E-state index contributed by atoms with van der Waals surface area (Å²) in [6.45, 7) is 3.78. The monoisotopic (exact) mass is 313 g/mol. The number of hydrogen-bond acceptors (Lipinski definition) is 1. The van der Waals surface area contributed by atoms with Crippen molar-refractivity contribution in [3.05, 3.63) is 35.4 Å². The van der Waals surface area contributed by atoms with Crippen LogP contribution in [0.2, 0.25) is 0 Å². The molecule has 1 unspecified atom stereocenters. The van der Waals surface area contributed by atoms with E-state index in [1.165, 1.54) is 12.1 Å². The van der Waals surface area contributed by atoms with Crippen molar-refractivity contribution in [2.45, 2.75) is 38.2 Å². The van der Waals surface area contributed by atoms with Crippen molar-refractivity contribution < 1.29 is 26.3 Å². The molecule has 0 saturated carbocycles. The molecule has 21 heavy (non-hydrogen) atoms. The van der Waals surface area contributed by atoms with Gasteiger partial charge in [-0.1, -0.05) is 38.1 Å². The van der Waals surface area contributed by atoms with E-state index in [0.29, 0.717) is 0 Å². The van der Waals surface area contributed by atoms with Crippen molar-refractivity contribution in [3.8, 4) is 0 Å². The fraction of sp³-hybridized carbons (Fsp3) is 0.571. The van der Waals surface area contributed by atoms with Gasteiger partial charge in [-0.15, -0.1) is 0 Å². The highest BCUT2D eigenvalue weighted by molar-refractivity contribution is 5.27. The molecule has 1 N–H and O–H groups in total. The molecule has 0 saturated heterocycles. The molecule has 1 rings (SSSR count). The molecule has 120 valence electrons. The molecular weight excluding hydrogens is 296 g/mol. The molecule has 7 heteroatoms. The minimum Gasteiger partial charge on any atom is -0.312 e. The quantitative estimate of drug-likeness (QED) is 0.787. The van der Waals surface area contributed by atoms with Crippen LogP contribution in [0.3, 0.4) is 0 Å². The highest BCUT2D eigenvalue weighted by Crippen LogP contribution is 2.46. The summed E-state index contributed by atoms with van der Waals surface area (Å²) in [6.07, 6.45) is -10.7. The fourth-order valence-electron chi connectivity index (χ4n) is 2.18. The van der Waals surface area contributed by atoms with Crippen LogP contribution in [-0.4, -0.2) is 19.4 Å². The number of rotatable bonds is 4. The third kappa shape index (κ3) is 4.36. The number of hydrogen-bond donors (Lipinski definition) is 1. The summed E-state index contributed by atoms with van der Waals surface area (Å²) in [5.74, 6) is -3.30. The standard InChI is InChI=1S/C14H17F6N/c1-8(2)9-4-6-10(7-5-9)11(21-3)12(13(15,16)17)14(18,19)20/h4-8,11-12,21H,1-3H3. The Bertz CT molecular complexity index is 432. The minimum absolute atomic E-state index is 0.0402. The molecule has 1 nitrogen and oxygen atoms in total. The second kappa shape index (κ2) is 6.25. The summed E-state index contributed by atoms with van der Waals surface area (Å²) < 4.78 is 76.7. The van der Waals surface area contributed by atoms with E-state index in [9.17, 15) is 26.3 Å². The minimum atomic E-state index is -5.37. The van der Waals surface area contributed by atoms with Gasteiger partial charge in [-0.05, 0) is 24.1 Å². The van der Waals surface area contributed by atoms with Gasteiger partial charge in [0.05, 0.1) is 6.04 Å². The summed E-state index contributed by atoms with van der Waals surface area (Å²) >= 11 is 0. The summed E-state index contributed by atoms with van der Waals surface area (Å²) in [5, 5.41) is 2.14. The maximum absolute atomic E-state index is 12.8. The molecule has 0 aliphatic rings. The Morgan fingerprint density at radius 1 is 0.810 bits per heavy atom. The van der Waals surface area contributed by atoms with E-state index in [1.54, 1.807) is 12.1 Å². The first-order valence-corrected chi connectivity index (χ1v) is 6.39. The third-order valence-electron chi connectivity index (χ3n) is 3.31. The molecule has 0 aliphatic carbocycles. The van der Waals surface area contributed by atoms with E-state index >= 15 is 0 Å². The molecule has 1 atom stereocenters. The van der Waals surface area contributed by atoms with Gasteiger partial charge in [0.25, 0.3) is 0 Å². The molecule has 1 aromatic carbocycles. The summed E-state index contributed by atoms with van der Waals surface area (Å²) in [4.78, 5) is 0. The molecule has 0 heterocycles. The second-order valence-electron chi connectivity index (χ2n) is 5.15. The lowest BCUT2D eigenvalue weighted by Crippen LogP contribution is -2.45. The van der Waals surface area contributed by atoms with Crippen LogP contribution in [0.25, 0.3) is 0 Å². The second-order valence-corrected chi connectivity index (χ2v) is 5.15. The molecule has 0 aromatic heterocycles. The predicted octanol–water partition coefficient (Wildman–Crippen LogP) is 4.81. The molecule has 0 fully saturated rings. The average molecular weight is 313 g/mol. The normalized spacial score (nSPS) is 14.8. The topological polar surface area (TPSA) is 12.0 Å². The van der Waals surface area contributed by atoms with Crippen molar-refractivity contribution in [2.24, 2.45) is 5.92 Å². The average Bonchev–Trinajstić information content (AvgIpc) is 2.32. The highest BCUT2D eigenvalue weighted by Gasteiger charge is 2.60. The van der Waals surface area contributed by atoms with E-state index in [1.807, 2.05) is 13.8 Å². The number of halogens is 6. The lowest BCUT2D eigenvalue weighted by Gasteiger charge is -2.31. The van der Waals surface area contributed by atoms with Crippen LogP contribution in [0.1, 0.15) is 36.9 Å². The molecule has 0 aliphatic heterocycles. The Kier molecular flexibility index (Phi) is 5.30. The van der Waals surface area contributed by atoms with Gasteiger partial charge in [-0.25, -0.2) is 0 Å². The van der Waals surface area contributed by atoms with Gasteiger partial charge in [0.15, 0.2) is 5.92 Å². The Labute approximate surface area is 119 Å². The Morgan fingerprint density at radius 2 is 1.19 bits per heavy atom. The summed E-state index contributed by atoms with van der Waals surface area (Å²) in [5.41, 5.74) is 0.811. The SMILES string of the molecule is CNC(c1ccc(C(C)C)cc1)C(C(F)(F)F)C(F)(F)F. The van der Waals surface area contributed by atoms with Crippen LogP contribution in [0.5, 0.6) is 0 Å². The smallest absolute Gasteiger partial charge is 0.312 e. The van der Waals surface area contributed by atoms with E-state index in [0.717, 1.165) is 12.6 Å². The van der Waals surface area contributed by atoms with Gasteiger partial charge in [-0.2, -0.15) is 26.3 Å². The van der Waals surface area contributed by atoms with E-state index in [2.05, 4.69) is 5.32 Å². The molecule has 1 aromatic rings. The van der Waals surface area contributed by atoms with Gasteiger partial charge < -0.3 is 5.32 Å². The van der Waals surface area contributed by atoms with E-state index < -0.39 is 24.3 Å². The Morgan fingerprint density at radius 3 is 1.48 bits per heavy atom. The zero-order chi connectivity index (χ0) is 16.4. The van der Waals surface area contributed by atoms with Crippen LogP contribution in [0, 0.1) is 5.92 Å². The van der Waals surface area contributed by atoms with Gasteiger partial charge >= 0.3 is 12.4 Å². The van der Waals surface area contributed by atoms with E-state index in [-0.39, 0.29) is 11.5 Å². The highest BCUT2D eigenvalue weighted by atomic mass is 19.4. The Balaban J connectivity index is 3.20. The van der Waals surface area contributed by atoms with Crippen LogP contribution < -0.4 is 5.32 Å². The summed E-state index contributed by atoms with van der Waals surface area (Å²) in [7, 11) is 1.09. The number of alkyl halides is 6. The third-order valence-corrected chi connectivity index (χ3v) is 3.31. The predicted molar refractivity (Wildman–Crippen MR) is 67.9 cm³/mol. The van der Waals surface area contributed by atoms with Crippen molar-refractivity contribution in [3.63, 3.8) is 0 Å².